The predicted octanol–water partition coefficient (Wildman–Crippen LogP) is 3.41. The Hall–Kier alpha value is -2.34. The number of fused-ring (bicyclic) bond motifs is 3. The van der Waals surface area contributed by atoms with Gasteiger partial charge in [-0.3, -0.25) is 4.90 Å². The van der Waals surface area contributed by atoms with Crippen LogP contribution < -0.4 is 10.1 Å². The summed E-state index contributed by atoms with van der Waals surface area (Å²) in [5.74, 6) is 1.75. The average molecular weight is 339 g/mol. The van der Waals surface area contributed by atoms with E-state index in [0.29, 0.717) is 12.6 Å². The summed E-state index contributed by atoms with van der Waals surface area (Å²) in [6.45, 7) is 8.11. The van der Waals surface area contributed by atoms with Crippen LogP contribution in [0.3, 0.4) is 0 Å². The van der Waals surface area contributed by atoms with Crippen molar-refractivity contribution in [2.45, 2.75) is 32.7 Å². The fourth-order valence-corrected chi connectivity index (χ4v) is 3.82. The summed E-state index contributed by atoms with van der Waals surface area (Å²) in [6.07, 6.45) is 4.17. The van der Waals surface area contributed by atoms with Crippen LogP contribution in [0, 0.1) is 0 Å². The molecule has 2 N–H and O–H groups in total. The smallest absolute Gasteiger partial charge is 0.153 e. The molecular formula is C19H25N5O. The summed E-state index contributed by atoms with van der Waals surface area (Å²) in [6, 6.07) is 6.66. The Morgan fingerprint density at radius 2 is 2.24 bits per heavy atom. The number of anilines is 1. The molecule has 2 aromatic heterocycles. The number of rotatable bonds is 6. The molecule has 25 heavy (non-hydrogen) atoms. The first-order valence-corrected chi connectivity index (χ1v) is 9.17. The third-order valence-electron chi connectivity index (χ3n) is 5.07. The molecule has 4 rings (SSSR count). The Bertz CT molecular complexity index is 875. The highest BCUT2D eigenvalue weighted by atomic mass is 16.5. The van der Waals surface area contributed by atoms with Crippen LogP contribution in [-0.2, 0) is 0 Å². The molecule has 0 saturated carbocycles. The Morgan fingerprint density at radius 3 is 3.08 bits per heavy atom. The number of hydrogen-bond acceptors (Lipinski definition) is 5. The van der Waals surface area contributed by atoms with Gasteiger partial charge >= 0.3 is 0 Å². The molecule has 1 aliphatic heterocycles. The first-order chi connectivity index (χ1) is 12.3. The maximum absolute atomic E-state index is 5.62. The van der Waals surface area contributed by atoms with Gasteiger partial charge in [-0.2, -0.15) is 0 Å². The van der Waals surface area contributed by atoms with Gasteiger partial charge in [-0.25, -0.2) is 9.97 Å². The van der Waals surface area contributed by atoms with Crippen LogP contribution in [0.5, 0.6) is 5.75 Å². The van der Waals surface area contributed by atoms with E-state index in [1.54, 1.807) is 6.33 Å². The van der Waals surface area contributed by atoms with E-state index in [9.17, 15) is 0 Å². The Morgan fingerprint density at radius 1 is 1.32 bits per heavy atom. The van der Waals surface area contributed by atoms with Gasteiger partial charge in [0.1, 0.15) is 23.1 Å². The molecule has 6 nitrogen and oxygen atoms in total. The van der Waals surface area contributed by atoms with Crippen LogP contribution in [-0.4, -0.2) is 52.1 Å². The summed E-state index contributed by atoms with van der Waals surface area (Å²) in [5, 5.41) is 4.61. The van der Waals surface area contributed by atoms with Gasteiger partial charge in [-0.05, 0) is 51.1 Å². The number of aromatic amines is 1. The lowest BCUT2D eigenvalue weighted by Crippen LogP contribution is -2.34. The van der Waals surface area contributed by atoms with E-state index < -0.39 is 0 Å². The van der Waals surface area contributed by atoms with Crippen molar-refractivity contribution in [2.75, 3.05) is 31.6 Å². The van der Waals surface area contributed by atoms with Gasteiger partial charge in [0.15, 0.2) is 5.82 Å². The van der Waals surface area contributed by atoms with Crippen molar-refractivity contribution in [1.29, 1.82) is 0 Å². The summed E-state index contributed by atoms with van der Waals surface area (Å²) >= 11 is 0. The first kappa shape index (κ1) is 16.1. The SMILES string of the molecule is CCOc1ccc2[nH]c3c(NCC4CCCN4CC)ncnc3c2c1. The Kier molecular flexibility index (Phi) is 4.44. The molecule has 1 saturated heterocycles. The molecule has 132 valence electrons. The van der Waals surface area contributed by atoms with E-state index in [2.05, 4.69) is 32.1 Å². The maximum Gasteiger partial charge on any atom is 0.153 e. The number of H-pyrrole nitrogens is 1. The van der Waals surface area contributed by atoms with E-state index in [1.165, 1.54) is 19.4 Å². The number of hydrogen-bond donors (Lipinski definition) is 2. The normalized spacial score (nSPS) is 18.2. The number of likely N-dealkylation sites (tertiary alicyclic amines) is 1. The maximum atomic E-state index is 5.62. The lowest BCUT2D eigenvalue weighted by atomic mass is 10.2. The molecule has 3 heterocycles. The molecule has 0 aliphatic carbocycles. The topological polar surface area (TPSA) is 66.1 Å². The lowest BCUT2D eigenvalue weighted by Gasteiger charge is -2.23. The molecular weight excluding hydrogens is 314 g/mol. The van der Waals surface area contributed by atoms with Crippen molar-refractivity contribution in [2.24, 2.45) is 0 Å². The van der Waals surface area contributed by atoms with Gasteiger partial charge in [0, 0.05) is 23.5 Å². The van der Waals surface area contributed by atoms with Crippen LogP contribution in [0.2, 0.25) is 0 Å². The molecule has 0 spiro atoms. The highest BCUT2D eigenvalue weighted by Gasteiger charge is 2.23. The fraction of sp³-hybridized carbons (Fsp3) is 0.474. The second-order valence-electron chi connectivity index (χ2n) is 6.52. The van der Waals surface area contributed by atoms with E-state index >= 15 is 0 Å². The van der Waals surface area contributed by atoms with E-state index in [1.807, 2.05) is 25.1 Å². The van der Waals surface area contributed by atoms with Crippen LogP contribution in [0.25, 0.3) is 21.9 Å². The standard InChI is InChI=1S/C19H25N5O/c1-3-24-9-5-6-13(24)11-20-19-18-17(21-12-22-19)15-10-14(25-4-2)7-8-16(15)23-18/h7-8,10,12-13,23H,3-6,9,11H2,1-2H3,(H,20,21,22). The highest BCUT2D eigenvalue weighted by Crippen LogP contribution is 2.30. The van der Waals surface area contributed by atoms with Gasteiger partial charge in [0.25, 0.3) is 0 Å². The van der Waals surface area contributed by atoms with Gasteiger partial charge in [-0.1, -0.05) is 6.92 Å². The van der Waals surface area contributed by atoms with E-state index in [4.69, 9.17) is 4.74 Å². The second-order valence-corrected chi connectivity index (χ2v) is 6.52. The van der Waals surface area contributed by atoms with Crippen LogP contribution in [0.1, 0.15) is 26.7 Å². The molecule has 0 radical (unpaired) electrons. The minimum absolute atomic E-state index is 0.587. The summed E-state index contributed by atoms with van der Waals surface area (Å²) < 4.78 is 5.62. The molecule has 1 aliphatic rings. The largest absolute Gasteiger partial charge is 0.494 e. The average Bonchev–Trinajstić information content (AvgIpc) is 3.24. The predicted molar refractivity (Wildman–Crippen MR) is 101 cm³/mol. The summed E-state index contributed by atoms with van der Waals surface area (Å²) in [7, 11) is 0. The van der Waals surface area contributed by atoms with Gasteiger partial charge in [-0.15, -0.1) is 0 Å². The van der Waals surface area contributed by atoms with Gasteiger partial charge in [0.2, 0.25) is 0 Å². The Balaban J connectivity index is 1.64. The lowest BCUT2D eigenvalue weighted by molar-refractivity contribution is 0.277. The first-order valence-electron chi connectivity index (χ1n) is 9.17. The molecule has 1 unspecified atom stereocenters. The molecule has 6 heteroatoms. The van der Waals surface area contributed by atoms with Crippen molar-refractivity contribution < 1.29 is 4.74 Å². The third-order valence-corrected chi connectivity index (χ3v) is 5.07. The van der Waals surface area contributed by atoms with Crippen LogP contribution in [0.15, 0.2) is 24.5 Å². The zero-order valence-corrected chi connectivity index (χ0v) is 14.9. The number of nitrogens with zero attached hydrogens (tertiary/aromatic N) is 3. The molecule has 3 aromatic rings. The number of likely N-dealkylation sites (N-methyl/N-ethyl adjacent to an activating group) is 1. The third kappa shape index (κ3) is 3.02. The quantitative estimate of drug-likeness (QED) is 0.720. The Labute approximate surface area is 147 Å². The molecule has 1 aromatic carbocycles. The molecule has 1 atom stereocenters. The number of aromatic nitrogens is 3. The van der Waals surface area contributed by atoms with Gasteiger partial charge < -0.3 is 15.0 Å². The van der Waals surface area contributed by atoms with Crippen molar-refractivity contribution >= 4 is 27.8 Å². The minimum Gasteiger partial charge on any atom is -0.494 e. The van der Waals surface area contributed by atoms with Crippen molar-refractivity contribution in [3.8, 4) is 5.75 Å². The number of ether oxygens (including phenoxy) is 1. The monoisotopic (exact) mass is 339 g/mol. The van der Waals surface area contributed by atoms with E-state index in [-0.39, 0.29) is 0 Å². The van der Waals surface area contributed by atoms with E-state index in [0.717, 1.165) is 46.6 Å². The fourth-order valence-electron chi connectivity index (χ4n) is 3.82. The zero-order valence-electron chi connectivity index (χ0n) is 14.9. The summed E-state index contributed by atoms with van der Waals surface area (Å²) in [5.41, 5.74) is 2.96. The van der Waals surface area contributed by atoms with Crippen LogP contribution in [0.4, 0.5) is 5.82 Å². The molecule has 0 amide bonds. The van der Waals surface area contributed by atoms with Crippen molar-refractivity contribution in [3.63, 3.8) is 0 Å². The second kappa shape index (κ2) is 6.88. The summed E-state index contributed by atoms with van der Waals surface area (Å²) in [4.78, 5) is 15.0. The number of benzene rings is 1. The van der Waals surface area contributed by atoms with Crippen molar-refractivity contribution in [1.82, 2.24) is 19.9 Å². The zero-order chi connectivity index (χ0) is 17.2. The number of nitrogens with one attached hydrogen (secondary N) is 2. The molecule has 1 fully saturated rings. The highest BCUT2D eigenvalue weighted by molar-refractivity contribution is 6.08. The minimum atomic E-state index is 0.587. The van der Waals surface area contributed by atoms with Gasteiger partial charge in [0.05, 0.1) is 6.61 Å². The van der Waals surface area contributed by atoms with Crippen LogP contribution >= 0.6 is 0 Å². The molecule has 0 bridgehead atoms. The van der Waals surface area contributed by atoms with Crippen molar-refractivity contribution in [3.05, 3.63) is 24.5 Å².